The fourth-order valence-electron chi connectivity index (χ4n) is 3.93. The van der Waals surface area contributed by atoms with Crippen molar-refractivity contribution >= 4 is 21.5 Å². The molecule has 0 bridgehead atoms. The van der Waals surface area contributed by atoms with Crippen LogP contribution in [0.2, 0.25) is 0 Å². The van der Waals surface area contributed by atoms with Gasteiger partial charge in [-0.2, -0.15) is 0 Å². The number of hydrogen-bond donors (Lipinski definition) is 1. The molecule has 2 aromatic heterocycles. The van der Waals surface area contributed by atoms with E-state index in [0.29, 0.717) is 19.5 Å². The Kier molecular flexibility index (Phi) is 6.63. The molecule has 31 heavy (non-hydrogen) atoms. The van der Waals surface area contributed by atoms with Gasteiger partial charge in [0.1, 0.15) is 5.82 Å². The van der Waals surface area contributed by atoms with Crippen molar-refractivity contribution in [2.75, 3.05) is 24.2 Å². The minimum absolute atomic E-state index is 0.117. The van der Waals surface area contributed by atoms with Crippen molar-refractivity contribution in [2.45, 2.75) is 32.1 Å². The van der Waals surface area contributed by atoms with Crippen molar-refractivity contribution in [2.24, 2.45) is 0 Å². The van der Waals surface area contributed by atoms with Crippen molar-refractivity contribution in [1.82, 2.24) is 14.3 Å². The third kappa shape index (κ3) is 5.48. The fraction of sp³-hybridized carbons (Fsp3) is 0.333. The van der Waals surface area contributed by atoms with E-state index in [0.717, 1.165) is 41.2 Å². The van der Waals surface area contributed by atoms with Gasteiger partial charge in [0.05, 0.1) is 17.6 Å². The van der Waals surface area contributed by atoms with Gasteiger partial charge in [-0.3, -0.25) is 4.98 Å². The quantitative estimate of drug-likeness (QED) is 0.598. The SMILES string of the molecule is Cc1cccnc1Nc1ccc([C@H]2CCCN(S(=O)(=O)CCc3ccccc3)C2)nc1. The molecule has 1 aromatic carbocycles. The zero-order valence-corrected chi connectivity index (χ0v) is 18.6. The molecule has 1 aliphatic rings. The second kappa shape index (κ2) is 9.58. The maximum Gasteiger partial charge on any atom is 0.214 e. The standard InChI is InChI=1S/C24H28N4O2S/c1-19-7-5-14-25-24(19)27-22-11-12-23(26-17-22)21-10-6-15-28(18-21)31(29,30)16-13-20-8-3-2-4-9-20/h2-5,7-9,11-12,14,17,21H,6,10,13,15-16,18H2,1H3,(H,25,27)/t21-/m0/s1. The molecule has 0 amide bonds. The second-order valence-corrected chi connectivity index (χ2v) is 10.1. The van der Waals surface area contributed by atoms with Gasteiger partial charge in [0.2, 0.25) is 10.0 Å². The maximum absolute atomic E-state index is 12.9. The van der Waals surface area contributed by atoms with Gasteiger partial charge in [-0.1, -0.05) is 36.4 Å². The number of rotatable bonds is 7. The Labute approximate surface area is 184 Å². The number of nitrogens with one attached hydrogen (secondary N) is 1. The van der Waals surface area contributed by atoms with E-state index in [1.165, 1.54) is 0 Å². The number of aromatic nitrogens is 2. The van der Waals surface area contributed by atoms with Crippen LogP contribution in [0.5, 0.6) is 0 Å². The molecule has 0 saturated carbocycles. The molecule has 0 unspecified atom stereocenters. The van der Waals surface area contributed by atoms with Crippen molar-refractivity contribution in [3.63, 3.8) is 0 Å². The van der Waals surface area contributed by atoms with Crippen LogP contribution in [0.4, 0.5) is 11.5 Å². The molecule has 6 nitrogen and oxygen atoms in total. The molecule has 4 rings (SSSR count). The predicted molar refractivity (Wildman–Crippen MR) is 124 cm³/mol. The Morgan fingerprint density at radius 3 is 2.65 bits per heavy atom. The molecule has 7 heteroatoms. The lowest BCUT2D eigenvalue weighted by molar-refractivity contribution is 0.312. The zero-order valence-electron chi connectivity index (χ0n) is 17.7. The summed E-state index contributed by atoms with van der Waals surface area (Å²) in [6.07, 6.45) is 5.89. The lowest BCUT2D eigenvalue weighted by Gasteiger charge is -2.31. The third-order valence-corrected chi connectivity index (χ3v) is 7.58. The van der Waals surface area contributed by atoms with E-state index >= 15 is 0 Å². The van der Waals surface area contributed by atoms with Gasteiger partial charge in [-0.25, -0.2) is 17.7 Å². The molecule has 3 heterocycles. The number of benzene rings is 1. The van der Waals surface area contributed by atoms with Crippen LogP contribution in [0.15, 0.2) is 67.0 Å². The molecule has 1 aliphatic heterocycles. The number of pyridine rings is 2. The highest BCUT2D eigenvalue weighted by Crippen LogP contribution is 2.28. The lowest BCUT2D eigenvalue weighted by atomic mass is 9.95. The molecule has 162 valence electrons. The minimum Gasteiger partial charge on any atom is -0.339 e. The van der Waals surface area contributed by atoms with E-state index in [1.54, 1.807) is 16.7 Å². The van der Waals surface area contributed by atoms with Crippen LogP contribution in [-0.2, 0) is 16.4 Å². The monoisotopic (exact) mass is 436 g/mol. The number of piperidine rings is 1. The summed E-state index contributed by atoms with van der Waals surface area (Å²) < 4.78 is 27.5. The Morgan fingerprint density at radius 2 is 1.90 bits per heavy atom. The van der Waals surface area contributed by atoms with E-state index in [-0.39, 0.29) is 11.7 Å². The molecule has 0 radical (unpaired) electrons. The Balaban J connectivity index is 1.39. The molecule has 0 spiro atoms. The highest BCUT2D eigenvalue weighted by Gasteiger charge is 2.30. The average Bonchev–Trinajstić information content (AvgIpc) is 2.81. The summed E-state index contributed by atoms with van der Waals surface area (Å²) >= 11 is 0. The first kappa shape index (κ1) is 21.5. The van der Waals surface area contributed by atoms with E-state index in [1.807, 2.05) is 61.5 Å². The summed E-state index contributed by atoms with van der Waals surface area (Å²) in [6.45, 7) is 3.09. The number of anilines is 2. The largest absolute Gasteiger partial charge is 0.339 e. The fourth-order valence-corrected chi connectivity index (χ4v) is 5.50. The highest BCUT2D eigenvalue weighted by molar-refractivity contribution is 7.89. The van der Waals surface area contributed by atoms with Crippen LogP contribution in [0.1, 0.15) is 35.6 Å². The van der Waals surface area contributed by atoms with E-state index in [9.17, 15) is 8.42 Å². The van der Waals surface area contributed by atoms with Gasteiger partial charge in [-0.05, 0) is 55.5 Å². The lowest BCUT2D eigenvalue weighted by Crippen LogP contribution is -2.40. The summed E-state index contributed by atoms with van der Waals surface area (Å²) in [5.74, 6) is 1.07. The van der Waals surface area contributed by atoms with Gasteiger partial charge >= 0.3 is 0 Å². The first-order chi connectivity index (χ1) is 15.0. The zero-order chi connectivity index (χ0) is 21.7. The molecule has 1 atom stereocenters. The van der Waals surface area contributed by atoms with E-state index in [2.05, 4.69) is 15.3 Å². The number of aryl methyl sites for hydroxylation is 2. The highest BCUT2D eigenvalue weighted by atomic mass is 32.2. The topological polar surface area (TPSA) is 75.2 Å². The van der Waals surface area contributed by atoms with Crippen molar-refractivity contribution in [3.05, 3.63) is 83.8 Å². The second-order valence-electron chi connectivity index (χ2n) is 8.01. The molecule has 1 fully saturated rings. The van der Waals surface area contributed by atoms with Crippen molar-refractivity contribution in [3.8, 4) is 0 Å². The normalized spacial score (nSPS) is 17.4. The Morgan fingerprint density at radius 1 is 1.06 bits per heavy atom. The minimum atomic E-state index is -3.29. The Bertz CT molecular complexity index is 1100. The summed E-state index contributed by atoms with van der Waals surface area (Å²) in [6, 6.07) is 17.7. The molecular weight excluding hydrogens is 408 g/mol. The smallest absolute Gasteiger partial charge is 0.214 e. The number of sulfonamides is 1. The van der Waals surface area contributed by atoms with Gasteiger partial charge < -0.3 is 5.32 Å². The van der Waals surface area contributed by atoms with Crippen LogP contribution in [0, 0.1) is 6.92 Å². The maximum atomic E-state index is 12.9. The van der Waals surface area contributed by atoms with Crippen LogP contribution in [0.3, 0.4) is 0 Å². The predicted octanol–water partition coefficient (Wildman–Crippen LogP) is 4.28. The van der Waals surface area contributed by atoms with Gasteiger partial charge in [0, 0.05) is 30.9 Å². The molecular formula is C24H28N4O2S. The third-order valence-electron chi connectivity index (χ3n) is 5.75. The van der Waals surface area contributed by atoms with Crippen molar-refractivity contribution < 1.29 is 8.42 Å². The molecule has 1 N–H and O–H groups in total. The first-order valence-corrected chi connectivity index (χ1v) is 12.3. The molecule has 1 saturated heterocycles. The van der Waals surface area contributed by atoms with Crippen LogP contribution in [0.25, 0.3) is 0 Å². The first-order valence-electron chi connectivity index (χ1n) is 10.7. The van der Waals surface area contributed by atoms with Crippen molar-refractivity contribution in [1.29, 1.82) is 0 Å². The van der Waals surface area contributed by atoms with Gasteiger partial charge in [0.15, 0.2) is 0 Å². The summed E-state index contributed by atoms with van der Waals surface area (Å²) in [5.41, 5.74) is 3.92. The number of nitrogens with zero attached hydrogens (tertiary/aromatic N) is 3. The van der Waals surface area contributed by atoms with E-state index in [4.69, 9.17) is 0 Å². The van der Waals surface area contributed by atoms with Crippen LogP contribution >= 0.6 is 0 Å². The van der Waals surface area contributed by atoms with Crippen LogP contribution < -0.4 is 5.32 Å². The summed E-state index contributed by atoms with van der Waals surface area (Å²) in [5, 5.41) is 3.29. The average molecular weight is 437 g/mol. The summed E-state index contributed by atoms with van der Waals surface area (Å²) in [4.78, 5) is 8.98. The van der Waals surface area contributed by atoms with Crippen LogP contribution in [-0.4, -0.2) is 41.5 Å². The van der Waals surface area contributed by atoms with Gasteiger partial charge in [0.25, 0.3) is 0 Å². The Hall–Kier alpha value is -2.77. The van der Waals surface area contributed by atoms with E-state index < -0.39 is 10.0 Å². The molecule has 3 aromatic rings. The summed E-state index contributed by atoms with van der Waals surface area (Å²) in [7, 11) is -3.29. The molecule has 0 aliphatic carbocycles. The number of hydrogen-bond acceptors (Lipinski definition) is 5. The van der Waals surface area contributed by atoms with Gasteiger partial charge in [-0.15, -0.1) is 0 Å².